The number of fused-ring (bicyclic) bond motifs is 1. The molecule has 178 valence electrons. The smallest absolute Gasteiger partial charge is 0.228 e. The fourth-order valence-corrected chi connectivity index (χ4v) is 4.91. The van der Waals surface area contributed by atoms with Crippen LogP contribution < -0.4 is 5.32 Å². The Morgan fingerprint density at radius 2 is 1.71 bits per heavy atom. The van der Waals surface area contributed by atoms with Crippen LogP contribution in [0.2, 0.25) is 0 Å². The summed E-state index contributed by atoms with van der Waals surface area (Å²) in [6, 6.07) is 5.73. The molecule has 2 amide bonds. The molecule has 1 saturated carbocycles. The number of nitrogens with zero attached hydrogens (tertiary/aromatic N) is 6. The van der Waals surface area contributed by atoms with Crippen LogP contribution in [0.5, 0.6) is 0 Å². The lowest BCUT2D eigenvalue weighted by Crippen LogP contribution is -2.49. The molecule has 2 fully saturated rings. The highest BCUT2D eigenvalue weighted by molar-refractivity contribution is 5.94. The molecule has 0 unspecified atom stereocenters. The number of hydrogen-bond acceptors (Lipinski definition) is 6. The van der Waals surface area contributed by atoms with E-state index in [-0.39, 0.29) is 23.7 Å². The van der Waals surface area contributed by atoms with E-state index in [9.17, 15) is 9.59 Å². The predicted octanol–water partition coefficient (Wildman–Crippen LogP) is 2.55. The van der Waals surface area contributed by atoms with Gasteiger partial charge in [0.05, 0.1) is 17.4 Å². The number of rotatable bonds is 4. The molecular weight excluding hydrogens is 430 g/mol. The topological polar surface area (TPSA) is 96.3 Å². The summed E-state index contributed by atoms with van der Waals surface area (Å²) in [5, 5.41) is 8.09. The number of carbonyl (C=O) groups is 2. The van der Waals surface area contributed by atoms with Gasteiger partial charge in [-0.3, -0.25) is 14.3 Å². The standard InChI is InChI=1S/C25H31N7O2/c1-30-9-11-32(12-10-30)25(34)18-5-3-17(4-6-18)24(33)29-23-13-22-19(14-26-23)7-8-21(28-22)20-15-27-31(2)16-20/h7-8,13-18H,3-6,9-12H2,1-2H3,(H,26,29,33). The van der Waals surface area contributed by atoms with Crippen molar-refractivity contribution in [3.8, 4) is 11.3 Å². The van der Waals surface area contributed by atoms with Crippen LogP contribution in [-0.4, -0.2) is 74.6 Å². The summed E-state index contributed by atoms with van der Waals surface area (Å²) in [6.07, 6.45) is 8.43. The number of piperazine rings is 1. The van der Waals surface area contributed by atoms with Crippen LogP contribution in [0.25, 0.3) is 22.2 Å². The van der Waals surface area contributed by atoms with E-state index in [0.717, 1.165) is 74.0 Å². The lowest BCUT2D eigenvalue weighted by Gasteiger charge is -2.36. The molecule has 0 radical (unpaired) electrons. The Labute approximate surface area is 199 Å². The first-order valence-electron chi connectivity index (χ1n) is 12.0. The molecular formula is C25H31N7O2. The van der Waals surface area contributed by atoms with Crippen LogP contribution >= 0.6 is 0 Å². The molecule has 1 aliphatic carbocycles. The first-order chi connectivity index (χ1) is 16.5. The number of hydrogen-bond donors (Lipinski definition) is 1. The zero-order valence-electron chi connectivity index (χ0n) is 19.8. The van der Waals surface area contributed by atoms with E-state index in [1.807, 2.05) is 36.3 Å². The highest BCUT2D eigenvalue weighted by Crippen LogP contribution is 2.31. The molecule has 9 heteroatoms. The minimum Gasteiger partial charge on any atom is -0.340 e. The van der Waals surface area contributed by atoms with Crippen molar-refractivity contribution >= 4 is 28.5 Å². The number of carbonyl (C=O) groups excluding carboxylic acids is 2. The van der Waals surface area contributed by atoms with Crippen molar-refractivity contribution < 1.29 is 9.59 Å². The van der Waals surface area contributed by atoms with E-state index in [1.165, 1.54) is 0 Å². The van der Waals surface area contributed by atoms with Crippen molar-refractivity contribution in [1.29, 1.82) is 0 Å². The minimum absolute atomic E-state index is 0.0271. The average molecular weight is 462 g/mol. The Hall–Kier alpha value is -3.33. The lowest BCUT2D eigenvalue weighted by molar-refractivity contribution is -0.139. The van der Waals surface area contributed by atoms with E-state index >= 15 is 0 Å². The Balaban J connectivity index is 1.20. The number of pyridine rings is 2. The predicted molar refractivity (Wildman–Crippen MR) is 130 cm³/mol. The number of amides is 2. The van der Waals surface area contributed by atoms with Gasteiger partial charge < -0.3 is 15.1 Å². The van der Waals surface area contributed by atoms with Gasteiger partial charge in [0.1, 0.15) is 5.82 Å². The molecule has 1 saturated heterocycles. The van der Waals surface area contributed by atoms with Gasteiger partial charge >= 0.3 is 0 Å². The molecule has 9 nitrogen and oxygen atoms in total. The third-order valence-corrected chi connectivity index (χ3v) is 7.09. The first-order valence-corrected chi connectivity index (χ1v) is 12.0. The molecule has 2 aliphatic rings. The molecule has 0 spiro atoms. The van der Waals surface area contributed by atoms with Crippen LogP contribution in [0.1, 0.15) is 25.7 Å². The van der Waals surface area contributed by atoms with Gasteiger partial charge in [0.15, 0.2) is 0 Å². The largest absolute Gasteiger partial charge is 0.340 e. The Kier molecular flexibility index (Phi) is 6.28. The molecule has 0 bridgehead atoms. The summed E-state index contributed by atoms with van der Waals surface area (Å²) in [6.45, 7) is 3.47. The van der Waals surface area contributed by atoms with E-state index in [0.29, 0.717) is 5.82 Å². The SMILES string of the molecule is CN1CCN(C(=O)C2CCC(C(=O)Nc3cc4nc(-c5cnn(C)c5)ccc4cn3)CC2)CC1. The number of aromatic nitrogens is 4. The van der Waals surface area contributed by atoms with Crippen molar-refractivity contribution in [2.75, 3.05) is 38.5 Å². The van der Waals surface area contributed by atoms with Crippen molar-refractivity contribution in [3.05, 3.63) is 36.8 Å². The van der Waals surface area contributed by atoms with Gasteiger partial charge in [0, 0.05) is 74.5 Å². The molecule has 5 rings (SSSR count). The zero-order valence-corrected chi connectivity index (χ0v) is 19.8. The molecule has 1 N–H and O–H groups in total. The van der Waals surface area contributed by atoms with Gasteiger partial charge in [-0.1, -0.05) is 0 Å². The maximum atomic E-state index is 12.9. The number of anilines is 1. The van der Waals surface area contributed by atoms with Gasteiger partial charge in [-0.2, -0.15) is 5.10 Å². The van der Waals surface area contributed by atoms with E-state index in [4.69, 9.17) is 4.98 Å². The summed E-state index contributed by atoms with van der Waals surface area (Å²) in [4.78, 5) is 39.2. The van der Waals surface area contributed by atoms with Crippen LogP contribution in [0.4, 0.5) is 5.82 Å². The van der Waals surface area contributed by atoms with Crippen molar-refractivity contribution in [2.45, 2.75) is 25.7 Å². The maximum Gasteiger partial charge on any atom is 0.228 e. The summed E-state index contributed by atoms with van der Waals surface area (Å²) in [7, 11) is 3.96. The van der Waals surface area contributed by atoms with Crippen LogP contribution in [-0.2, 0) is 16.6 Å². The molecule has 3 aromatic rings. The van der Waals surface area contributed by atoms with E-state index < -0.39 is 0 Å². The van der Waals surface area contributed by atoms with E-state index in [2.05, 4.69) is 27.3 Å². The molecule has 3 aromatic heterocycles. The van der Waals surface area contributed by atoms with Gasteiger partial charge in [0.2, 0.25) is 11.8 Å². The van der Waals surface area contributed by atoms with Crippen molar-refractivity contribution in [2.24, 2.45) is 18.9 Å². The normalized spacial score (nSPS) is 21.5. The Morgan fingerprint density at radius 3 is 2.41 bits per heavy atom. The molecule has 34 heavy (non-hydrogen) atoms. The average Bonchev–Trinajstić information content (AvgIpc) is 3.30. The zero-order chi connectivity index (χ0) is 23.7. The van der Waals surface area contributed by atoms with Crippen molar-refractivity contribution in [1.82, 2.24) is 29.5 Å². The number of nitrogens with one attached hydrogen (secondary N) is 1. The lowest BCUT2D eigenvalue weighted by atomic mass is 9.81. The van der Waals surface area contributed by atoms with Crippen LogP contribution in [0.15, 0.2) is 36.8 Å². The molecule has 1 aliphatic heterocycles. The Morgan fingerprint density at radius 1 is 0.971 bits per heavy atom. The van der Waals surface area contributed by atoms with Crippen LogP contribution in [0, 0.1) is 11.8 Å². The van der Waals surface area contributed by atoms with Gasteiger partial charge in [-0.15, -0.1) is 0 Å². The van der Waals surface area contributed by atoms with Crippen LogP contribution in [0.3, 0.4) is 0 Å². The number of likely N-dealkylation sites (N-methyl/N-ethyl adjacent to an activating group) is 1. The molecule has 4 heterocycles. The molecule has 0 aromatic carbocycles. The summed E-state index contributed by atoms with van der Waals surface area (Å²) >= 11 is 0. The van der Waals surface area contributed by atoms with Gasteiger partial charge in [-0.05, 0) is 44.9 Å². The summed E-state index contributed by atoms with van der Waals surface area (Å²) < 4.78 is 1.74. The third-order valence-electron chi connectivity index (χ3n) is 7.09. The van der Waals surface area contributed by atoms with E-state index in [1.54, 1.807) is 17.1 Å². The third kappa shape index (κ3) is 4.79. The number of aryl methyl sites for hydroxylation is 1. The highest BCUT2D eigenvalue weighted by atomic mass is 16.2. The summed E-state index contributed by atoms with van der Waals surface area (Å²) in [5.41, 5.74) is 2.54. The Bertz CT molecular complexity index is 1190. The second kappa shape index (κ2) is 9.50. The van der Waals surface area contributed by atoms with Gasteiger partial charge in [0.25, 0.3) is 0 Å². The van der Waals surface area contributed by atoms with Gasteiger partial charge in [-0.25, -0.2) is 9.97 Å². The quantitative estimate of drug-likeness (QED) is 0.642. The second-order valence-corrected chi connectivity index (χ2v) is 9.53. The van der Waals surface area contributed by atoms with Crippen molar-refractivity contribution in [3.63, 3.8) is 0 Å². The summed E-state index contributed by atoms with van der Waals surface area (Å²) in [5.74, 6) is 0.688. The fourth-order valence-electron chi connectivity index (χ4n) is 4.91. The fraction of sp³-hybridized carbons (Fsp3) is 0.480. The highest BCUT2D eigenvalue weighted by Gasteiger charge is 2.33. The maximum absolute atomic E-state index is 12.9. The second-order valence-electron chi connectivity index (χ2n) is 9.53. The monoisotopic (exact) mass is 461 g/mol. The first kappa shape index (κ1) is 22.5. The molecule has 0 atom stereocenters. The minimum atomic E-state index is -0.0938.